The van der Waals surface area contributed by atoms with Crippen LogP contribution in [0, 0.1) is 18.7 Å². The lowest BCUT2D eigenvalue weighted by molar-refractivity contribution is -0.117. The fourth-order valence-corrected chi connectivity index (χ4v) is 2.26. The van der Waals surface area contributed by atoms with E-state index >= 15 is 0 Å². The largest absolute Gasteiger partial charge is 0.325 e. The van der Waals surface area contributed by atoms with E-state index in [1.165, 1.54) is 6.07 Å². The van der Waals surface area contributed by atoms with Crippen LogP contribution < -0.4 is 5.32 Å². The number of amides is 1. The zero-order valence-corrected chi connectivity index (χ0v) is 11.0. The molecule has 0 radical (unpaired) electrons. The van der Waals surface area contributed by atoms with E-state index in [4.69, 9.17) is 0 Å². The SMILES string of the molecule is Cc1ccc(NC(=O)CN2CCC(CF)C2)cc1F. The lowest BCUT2D eigenvalue weighted by Gasteiger charge is -2.15. The second kappa shape index (κ2) is 6.10. The Morgan fingerprint density at radius 3 is 2.95 bits per heavy atom. The molecule has 0 aromatic heterocycles. The Labute approximate surface area is 111 Å². The molecule has 0 saturated carbocycles. The molecule has 3 nitrogen and oxygen atoms in total. The van der Waals surface area contributed by atoms with Crippen LogP contribution in [0.2, 0.25) is 0 Å². The normalized spacial score (nSPS) is 19.6. The molecule has 19 heavy (non-hydrogen) atoms. The second-order valence-corrected chi connectivity index (χ2v) is 5.06. The topological polar surface area (TPSA) is 32.3 Å². The number of halogens is 2. The maximum Gasteiger partial charge on any atom is 0.238 e. The molecule has 0 aliphatic carbocycles. The molecule has 1 aromatic rings. The van der Waals surface area contributed by atoms with Crippen molar-refractivity contribution >= 4 is 11.6 Å². The number of nitrogens with zero attached hydrogens (tertiary/aromatic N) is 1. The highest BCUT2D eigenvalue weighted by Crippen LogP contribution is 2.17. The fourth-order valence-electron chi connectivity index (χ4n) is 2.26. The van der Waals surface area contributed by atoms with Gasteiger partial charge in [0.2, 0.25) is 5.91 Å². The van der Waals surface area contributed by atoms with Gasteiger partial charge in [-0.3, -0.25) is 14.1 Å². The standard InChI is InChI=1S/C14H18F2N2O/c1-10-2-3-12(6-13(10)16)17-14(19)9-18-5-4-11(7-15)8-18/h2-3,6,11H,4-5,7-9H2,1H3,(H,17,19). The first-order chi connectivity index (χ1) is 9.08. The molecule has 1 amide bonds. The Balaban J connectivity index is 1.86. The Bertz CT molecular complexity index is 465. The van der Waals surface area contributed by atoms with E-state index in [-0.39, 0.29) is 30.9 Å². The highest BCUT2D eigenvalue weighted by Gasteiger charge is 2.23. The van der Waals surface area contributed by atoms with E-state index in [0.717, 1.165) is 13.0 Å². The van der Waals surface area contributed by atoms with Crippen LogP contribution >= 0.6 is 0 Å². The number of anilines is 1. The zero-order chi connectivity index (χ0) is 13.8. The molecule has 0 bridgehead atoms. The third-order valence-electron chi connectivity index (χ3n) is 3.41. The van der Waals surface area contributed by atoms with Crippen molar-refractivity contribution in [2.45, 2.75) is 13.3 Å². The molecule has 1 aromatic carbocycles. The van der Waals surface area contributed by atoms with E-state index < -0.39 is 0 Å². The Morgan fingerprint density at radius 1 is 1.53 bits per heavy atom. The third kappa shape index (κ3) is 3.73. The van der Waals surface area contributed by atoms with Crippen LogP contribution in [-0.2, 0) is 4.79 Å². The first kappa shape index (κ1) is 13.9. The summed E-state index contributed by atoms with van der Waals surface area (Å²) in [5.74, 6) is -0.483. The number of rotatable bonds is 4. The van der Waals surface area contributed by atoms with Crippen molar-refractivity contribution in [1.82, 2.24) is 4.90 Å². The highest BCUT2D eigenvalue weighted by atomic mass is 19.1. The number of benzene rings is 1. The average molecular weight is 268 g/mol. The number of hydrogen-bond acceptors (Lipinski definition) is 2. The number of likely N-dealkylation sites (tertiary alicyclic amines) is 1. The van der Waals surface area contributed by atoms with Gasteiger partial charge in [0.05, 0.1) is 13.2 Å². The molecule has 0 spiro atoms. The van der Waals surface area contributed by atoms with Gasteiger partial charge in [0.15, 0.2) is 0 Å². The summed E-state index contributed by atoms with van der Waals surface area (Å²) in [5, 5.41) is 2.66. The zero-order valence-electron chi connectivity index (χ0n) is 11.0. The molecule has 2 rings (SSSR count). The number of carbonyl (C=O) groups excluding carboxylic acids is 1. The summed E-state index contributed by atoms with van der Waals surface area (Å²) in [6, 6.07) is 4.60. The van der Waals surface area contributed by atoms with Gasteiger partial charge in [0, 0.05) is 18.2 Å². The Hall–Kier alpha value is -1.49. The Kier molecular flexibility index (Phi) is 4.47. The van der Waals surface area contributed by atoms with Crippen LogP contribution in [0.1, 0.15) is 12.0 Å². The third-order valence-corrected chi connectivity index (χ3v) is 3.41. The first-order valence-electron chi connectivity index (χ1n) is 6.43. The van der Waals surface area contributed by atoms with Gasteiger partial charge < -0.3 is 5.32 Å². The van der Waals surface area contributed by atoms with Crippen LogP contribution in [-0.4, -0.2) is 37.1 Å². The molecule has 5 heteroatoms. The number of nitrogens with one attached hydrogen (secondary N) is 1. The van der Waals surface area contributed by atoms with Crippen LogP contribution in [0.3, 0.4) is 0 Å². The molecule has 104 valence electrons. The lowest BCUT2D eigenvalue weighted by atomic mass is 10.1. The van der Waals surface area contributed by atoms with E-state index in [9.17, 15) is 13.6 Å². The van der Waals surface area contributed by atoms with Gasteiger partial charge in [-0.05, 0) is 37.6 Å². The maximum atomic E-state index is 13.3. The summed E-state index contributed by atoms with van der Waals surface area (Å²) in [5.41, 5.74) is 0.998. The van der Waals surface area contributed by atoms with Gasteiger partial charge in [0.25, 0.3) is 0 Å². The summed E-state index contributed by atoms with van der Waals surface area (Å²) >= 11 is 0. The summed E-state index contributed by atoms with van der Waals surface area (Å²) in [6.45, 7) is 2.92. The van der Waals surface area contributed by atoms with Crippen molar-refractivity contribution in [2.24, 2.45) is 5.92 Å². The van der Waals surface area contributed by atoms with Gasteiger partial charge in [-0.25, -0.2) is 4.39 Å². The van der Waals surface area contributed by atoms with Crippen LogP contribution in [0.4, 0.5) is 14.5 Å². The van der Waals surface area contributed by atoms with E-state index in [0.29, 0.717) is 17.8 Å². The molecule has 1 heterocycles. The van der Waals surface area contributed by atoms with Crippen molar-refractivity contribution in [1.29, 1.82) is 0 Å². The van der Waals surface area contributed by atoms with E-state index in [1.54, 1.807) is 19.1 Å². The summed E-state index contributed by atoms with van der Waals surface area (Å²) < 4.78 is 25.8. The van der Waals surface area contributed by atoms with Crippen molar-refractivity contribution in [3.05, 3.63) is 29.6 Å². The average Bonchev–Trinajstić information content (AvgIpc) is 2.81. The highest BCUT2D eigenvalue weighted by molar-refractivity contribution is 5.92. The smallest absolute Gasteiger partial charge is 0.238 e. The minimum absolute atomic E-state index is 0.0459. The number of carbonyl (C=O) groups is 1. The molecular weight excluding hydrogens is 250 g/mol. The van der Waals surface area contributed by atoms with Crippen molar-refractivity contribution in [3.63, 3.8) is 0 Å². The molecule has 1 atom stereocenters. The van der Waals surface area contributed by atoms with Gasteiger partial charge >= 0.3 is 0 Å². The van der Waals surface area contributed by atoms with E-state index in [1.807, 2.05) is 4.90 Å². The molecule has 1 fully saturated rings. The van der Waals surface area contributed by atoms with Crippen LogP contribution in [0.25, 0.3) is 0 Å². The first-order valence-corrected chi connectivity index (χ1v) is 6.43. The quantitative estimate of drug-likeness (QED) is 0.909. The van der Waals surface area contributed by atoms with Crippen molar-refractivity contribution in [2.75, 3.05) is 31.6 Å². The molecule has 1 saturated heterocycles. The second-order valence-electron chi connectivity index (χ2n) is 5.06. The minimum atomic E-state index is -0.337. The Morgan fingerprint density at radius 2 is 2.32 bits per heavy atom. The monoisotopic (exact) mass is 268 g/mol. The molecule has 1 N–H and O–H groups in total. The molecule has 1 aliphatic heterocycles. The summed E-state index contributed by atoms with van der Waals surface area (Å²) in [6.07, 6.45) is 0.795. The minimum Gasteiger partial charge on any atom is -0.325 e. The van der Waals surface area contributed by atoms with Gasteiger partial charge in [0.1, 0.15) is 5.82 Å². The predicted molar refractivity (Wildman–Crippen MR) is 70.3 cm³/mol. The fraction of sp³-hybridized carbons (Fsp3) is 0.500. The number of alkyl halides is 1. The number of aryl methyl sites for hydroxylation is 1. The van der Waals surface area contributed by atoms with Gasteiger partial charge in [-0.2, -0.15) is 0 Å². The van der Waals surface area contributed by atoms with Gasteiger partial charge in [-0.15, -0.1) is 0 Å². The summed E-state index contributed by atoms with van der Waals surface area (Å²) in [4.78, 5) is 13.7. The maximum absolute atomic E-state index is 13.3. The summed E-state index contributed by atoms with van der Waals surface area (Å²) in [7, 11) is 0. The molecular formula is C14H18F2N2O. The van der Waals surface area contributed by atoms with Crippen LogP contribution in [0.15, 0.2) is 18.2 Å². The predicted octanol–water partition coefficient (Wildman–Crippen LogP) is 2.36. The van der Waals surface area contributed by atoms with E-state index in [2.05, 4.69) is 5.32 Å². The van der Waals surface area contributed by atoms with Crippen molar-refractivity contribution < 1.29 is 13.6 Å². The van der Waals surface area contributed by atoms with Gasteiger partial charge in [-0.1, -0.05) is 6.07 Å². The lowest BCUT2D eigenvalue weighted by Crippen LogP contribution is -2.31. The molecule has 1 unspecified atom stereocenters. The van der Waals surface area contributed by atoms with Crippen molar-refractivity contribution in [3.8, 4) is 0 Å². The molecule has 1 aliphatic rings. The number of hydrogen-bond donors (Lipinski definition) is 1. The van der Waals surface area contributed by atoms with Crippen LogP contribution in [0.5, 0.6) is 0 Å².